The first kappa shape index (κ1) is 12.4. The SMILES string of the molecule is CCN(CC)c1ccc2c(c1)OC(=O)C(=C=O)C2. The molecular formula is C14H15NO3. The molecule has 0 spiro atoms. The summed E-state index contributed by atoms with van der Waals surface area (Å²) in [5.74, 6) is 1.59. The molecule has 0 fully saturated rings. The summed E-state index contributed by atoms with van der Waals surface area (Å²) in [5, 5.41) is 0. The Morgan fingerprint density at radius 2 is 2.06 bits per heavy atom. The van der Waals surface area contributed by atoms with Crippen LogP contribution in [0.2, 0.25) is 0 Å². The van der Waals surface area contributed by atoms with Crippen LogP contribution in [0.4, 0.5) is 5.69 Å². The van der Waals surface area contributed by atoms with Gasteiger partial charge < -0.3 is 9.64 Å². The second-order valence-corrected chi connectivity index (χ2v) is 4.11. The van der Waals surface area contributed by atoms with Crippen LogP contribution >= 0.6 is 0 Å². The summed E-state index contributed by atoms with van der Waals surface area (Å²) in [6.45, 7) is 5.93. The number of benzene rings is 1. The van der Waals surface area contributed by atoms with Gasteiger partial charge in [-0.15, -0.1) is 0 Å². The second kappa shape index (κ2) is 5.07. The standard InChI is InChI=1S/C14H15NO3/c1-3-15(4-2)12-6-5-10-7-11(9-16)14(17)18-13(10)8-12/h5-6,8H,3-4,7H2,1-2H3. The van der Waals surface area contributed by atoms with Crippen LogP contribution in [0.1, 0.15) is 19.4 Å². The van der Waals surface area contributed by atoms with Gasteiger partial charge in [0.25, 0.3) is 0 Å². The van der Waals surface area contributed by atoms with Crippen molar-refractivity contribution in [3.63, 3.8) is 0 Å². The molecule has 0 saturated heterocycles. The highest BCUT2D eigenvalue weighted by Crippen LogP contribution is 2.31. The van der Waals surface area contributed by atoms with Crippen molar-refractivity contribution in [3.05, 3.63) is 29.3 Å². The molecule has 1 aromatic carbocycles. The van der Waals surface area contributed by atoms with Crippen LogP contribution in [0.25, 0.3) is 0 Å². The van der Waals surface area contributed by atoms with Crippen molar-refractivity contribution < 1.29 is 14.3 Å². The third-order valence-electron chi connectivity index (χ3n) is 3.12. The van der Waals surface area contributed by atoms with Crippen LogP contribution in [-0.2, 0) is 16.0 Å². The predicted octanol–water partition coefficient (Wildman–Crippen LogP) is 1.75. The normalized spacial score (nSPS) is 13.7. The summed E-state index contributed by atoms with van der Waals surface area (Å²) in [4.78, 5) is 24.2. The van der Waals surface area contributed by atoms with E-state index in [-0.39, 0.29) is 5.57 Å². The minimum atomic E-state index is -0.589. The highest BCUT2D eigenvalue weighted by atomic mass is 16.5. The Hall–Kier alpha value is -2.06. The molecule has 0 bridgehead atoms. The zero-order valence-corrected chi connectivity index (χ0v) is 10.5. The van der Waals surface area contributed by atoms with E-state index in [4.69, 9.17) is 4.74 Å². The van der Waals surface area contributed by atoms with Crippen LogP contribution in [0.3, 0.4) is 0 Å². The van der Waals surface area contributed by atoms with Crippen molar-refractivity contribution in [3.8, 4) is 5.75 Å². The first-order valence-electron chi connectivity index (χ1n) is 6.03. The molecule has 0 aliphatic carbocycles. The van der Waals surface area contributed by atoms with Gasteiger partial charge in [0, 0.05) is 36.8 Å². The highest BCUT2D eigenvalue weighted by molar-refractivity contribution is 6.00. The second-order valence-electron chi connectivity index (χ2n) is 4.11. The fraction of sp³-hybridized carbons (Fsp3) is 0.357. The molecule has 0 unspecified atom stereocenters. The van der Waals surface area contributed by atoms with Gasteiger partial charge in [0.15, 0.2) is 0 Å². The van der Waals surface area contributed by atoms with Crippen molar-refractivity contribution in [2.75, 3.05) is 18.0 Å². The van der Waals surface area contributed by atoms with Gasteiger partial charge in [-0.3, -0.25) is 0 Å². The Kier molecular flexibility index (Phi) is 3.49. The number of fused-ring (bicyclic) bond motifs is 1. The van der Waals surface area contributed by atoms with Gasteiger partial charge in [-0.2, -0.15) is 0 Å². The van der Waals surface area contributed by atoms with Crippen LogP contribution in [0.15, 0.2) is 23.8 Å². The third-order valence-corrected chi connectivity index (χ3v) is 3.12. The molecule has 0 saturated carbocycles. The third kappa shape index (κ3) is 2.15. The molecule has 94 valence electrons. The first-order valence-corrected chi connectivity index (χ1v) is 6.03. The molecule has 0 N–H and O–H groups in total. The summed E-state index contributed by atoms with van der Waals surface area (Å²) in [5.41, 5.74) is 1.92. The van der Waals surface area contributed by atoms with E-state index in [1.165, 1.54) is 0 Å². The predicted molar refractivity (Wildman–Crippen MR) is 68.5 cm³/mol. The van der Waals surface area contributed by atoms with Crippen molar-refractivity contribution in [1.29, 1.82) is 0 Å². The molecule has 1 aliphatic rings. The maximum absolute atomic E-state index is 11.5. The summed E-state index contributed by atoms with van der Waals surface area (Å²) in [6, 6.07) is 5.72. The fourth-order valence-electron chi connectivity index (χ4n) is 2.07. The monoisotopic (exact) mass is 245 g/mol. The van der Waals surface area contributed by atoms with Crippen molar-refractivity contribution in [2.45, 2.75) is 20.3 Å². The van der Waals surface area contributed by atoms with E-state index in [1.54, 1.807) is 5.94 Å². The van der Waals surface area contributed by atoms with E-state index in [9.17, 15) is 9.59 Å². The van der Waals surface area contributed by atoms with E-state index in [0.717, 1.165) is 24.3 Å². The Labute approximate surface area is 106 Å². The number of nitrogens with zero attached hydrogens (tertiary/aromatic N) is 1. The molecule has 0 amide bonds. The first-order chi connectivity index (χ1) is 8.69. The van der Waals surface area contributed by atoms with E-state index < -0.39 is 5.97 Å². The van der Waals surface area contributed by atoms with Crippen LogP contribution in [0.5, 0.6) is 5.75 Å². The average molecular weight is 245 g/mol. The minimum absolute atomic E-state index is 0.0538. The maximum Gasteiger partial charge on any atom is 0.350 e. The van der Waals surface area contributed by atoms with Gasteiger partial charge in [-0.05, 0) is 19.9 Å². The number of rotatable bonds is 3. The smallest absolute Gasteiger partial charge is 0.350 e. The Bertz CT molecular complexity index is 526. The van der Waals surface area contributed by atoms with Crippen LogP contribution in [0, 0.1) is 0 Å². The van der Waals surface area contributed by atoms with E-state index in [1.807, 2.05) is 18.2 Å². The lowest BCUT2D eigenvalue weighted by molar-refractivity contribution is -0.130. The van der Waals surface area contributed by atoms with E-state index >= 15 is 0 Å². The molecule has 4 nitrogen and oxygen atoms in total. The molecule has 0 atom stereocenters. The Morgan fingerprint density at radius 1 is 1.33 bits per heavy atom. The van der Waals surface area contributed by atoms with E-state index in [0.29, 0.717) is 12.2 Å². The van der Waals surface area contributed by atoms with Gasteiger partial charge in [0.1, 0.15) is 17.3 Å². The molecule has 1 heterocycles. The lowest BCUT2D eigenvalue weighted by Crippen LogP contribution is -2.23. The lowest BCUT2D eigenvalue weighted by atomic mass is 10.0. The van der Waals surface area contributed by atoms with Gasteiger partial charge in [0.2, 0.25) is 0 Å². The number of carbonyl (C=O) groups excluding carboxylic acids is 2. The lowest BCUT2D eigenvalue weighted by Gasteiger charge is -2.23. The molecular weight excluding hydrogens is 230 g/mol. The van der Waals surface area contributed by atoms with Crippen molar-refractivity contribution in [1.82, 2.24) is 0 Å². The zero-order chi connectivity index (χ0) is 13.1. The van der Waals surface area contributed by atoms with Gasteiger partial charge >= 0.3 is 5.97 Å². The van der Waals surface area contributed by atoms with Gasteiger partial charge in [-0.1, -0.05) is 6.07 Å². The molecule has 2 rings (SSSR count). The summed E-state index contributed by atoms with van der Waals surface area (Å²) in [6.07, 6.45) is 0.302. The Morgan fingerprint density at radius 3 is 2.67 bits per heavy atom. The van der Waals surface area contributed by atoms with Gasteiger partial charge in [0.05, 0.1) is 0 Å². The largest absolute Gasteiger partial charge is 0.422 e. The quantitative estimate of drug-likeness (QED) is 0.352. The minimum Gasteiger partial charge on any atom is -0.422 e. The molecule has 1 aromatic rings. The highest BCUT2D eigenvalue weighted by Gasteiger charge is 2.24. The van der Waals surface area contributed by atoms with Crippen molar-refractivity contribution >= 4 is 17.6 Å². The topological polar surface area (TPSA) is 46.6 Å². The molecule has 1 aliphatic heterocycles. The van der Waals surface area contributed by atoms with Crippen LogP contribution in [-0.4, -0.2) is 25.0 Å². The fourth-order valence-corrected chi connectivity index (χ4v) is 2.07. The van der Waals surface area contributed by atoms with Crippen LogP contribution < -0.4 is 9.64 Å². The zero-order valence-electron chi connectivity index (χ0n) is 10.5. The number of hydrogen-bond donors (Lipinski definition) is 0. The average Bonchev–Trinajstić information content (AvgIpc) is 2.39. The number of ether oxygens (including phenoxy) is 1. The number of hydrogen-bond acceptors (Lipinski definition) is 4. The maximum atomic E-state index is 11.5. The number of anilines is 1. The molecule has 0 aromatic heterocycles. The molecule has 4 heteroatoms. The van der Waals surface area contributed by atoms with Gasteiger partial charge in [-0.25, -0.2) is 9.59 Å². The summed E-state index contributed by atoms with van der Waals surface area (Å²) < 4.78 is 5.15. The number of esters is 1. The van der Waals surface area contributed by atoms with E-state index in [2.05, 4.69) is 18.7 Å². The van der Waals surface area contributed by atoms with Crippen molar-refractivity contribution in [2.24, 2.45) is 0 Å². The molecule has 18 heavy (non-hydrogen) atoms. The summed E-state index contributed by atoms with van der Waals surface area (Å²) >= 11 is 0. The Balaban J connectivity index is 2.37. The summed E-state index contributed by atoms with van der Waals surface area (Å²) in [7, 11) is 0. The molecule has 0 radical (unpaired) electrons. The number of carbonyl (C=O) groups is 1.